The summed E-state index contributed by atoms with van der Waals surface area (Å²) < 4.78 is 5.59. The van der Waals surface area contributed by atoms with Crippen LogP contribution >= 0.6 is 0 Å². The molecule has 4 heteroatoms. The zero-order chi connectivity index (χ0) is 14.9. The first kappa shape index (κ1) is 14.6. The molecule has 0 aliphatic carbocycles. The van der Waals surface area contributed by atoms with Gasteiger partial charge in [-0.05, 0) is 33.8 Å². The number of aromatic nitrogens is 2. The van der Waals surface area contributed by atoms with Crippen LogP contribution in [0, 0.1) is 20.8 Å². The Kier molecular flexibility index (Phi) is 4.12. The SMILES string of the molecule is Cc1cc(NC(C)c2cc(C)oc2C)nc(C(C)C)n1. The van der Waals surface area contributed by atoms with E-state index >= 15 is 0 Å². The molecular formula is C16H23N3O. The van der Waals surface area contributed by atoms with E-state index in [0.717, 1.165) is 28.9 Å². The van der Waals surface area contributed by atoms with E-state index in [9.17, 15) is 0 Å². The molecule has 0 saturated heterocycles. The van der Waals surface area contributed by atoms with Crippen LogP contribution in [-0.4, -0.2) is 9.97 Å². The third kappa shape index (κ3) is 3.18. The number of nitrogens with one attached hydrogen (secondary N) is 1. The summed E-state index contributed by atoms with van der Waals surface area (Å²) in [5.74, 6) is 3.96. The van der Waals surface area contributed by atoms with E-state index in [1.807, 2.05) is 26.8 Å². The number of hydrogen-bond acceptors (Lipinski definition) is 4. The van der Waals surface area contributed by atoms with Crippen molar-refractivity contribution < 1.29 is 4.42 Å². The normalized spacial score (nSPS) is 12.8. The average Bonchev–Trinajstić information content (AvgIpc) is 2.67. The lowest BCUT2D eigenvalue weighted by Crippen LogP contribution is -2.10. The summed E-state index contributed by atoms with van der Waals surface area (Å²) in [5, 5.41) is 3.44. The fourth-order valence-electron chi connectivity index (χ4n) is 2.30. The fraction of sp³-hybridized carbons (Fsp3) is 0.500. The summed E-state index contributed by atoms with van der Waals surface area (Å²) in [6.45, 7) is 12.3. The highest BCUT2D eigenvalue weighted by atomic mass is 16.3. The van der Waals surface area contributed by atoms with E-state index < -0.39 is 0 Å². The van der Waals surface area contributed by atoms with Crippen molar-refractivity contribution in [3.63, 3.8) is 0 Å². The van der Waals surface area contributed by atoms with Crippen LogP contribution in [0.15, 0.2) is 16.5 Å². The Morgan fingerprint density at radius 3 is 2.30 bits per heavy atom. The maximum atomic E-state index is 5.59. The number of furan rings is 1. The van der Waals surface area contributed by atoms with Crippen LogP contribution in [-0.2, 0) is 0 Å². The zero-order valence-corrected chi connectivity index (χ0v) is 13.1. The lowest BCUT2D eigenvalue weighted by molar-refractivity contribution is 0.499. The minimum Gasteiger partial charge on any atom is -0.466 e. The van der Waals surface area contributed by atoms with Crippen molar-refractivity contribution in [3.05, 3.63) is 40.7 Å². The molecule has 2 aromatic heterocycles. The first-order valence-electron chi connectivity index (χ1n) is 7.06. The van der Waals surface area contributed by atoms with Gasteiger partial charge in [0.05, 0.1) is 6.04 Å². The van der Waals surface area contributed by atoms with E-state index in [1.54, 1.807) is 0 Å². The molecule has 0 aliphatic heterocycles. The summed E-state index contributed by atoms with van der Waals surface area (Å²) >= 11 is 0. The first-order valence-corrected chi connectivity index (χ1v) is 7.06. The molecule has 0 bridgehead atoms. The quantitative estimate of drug-likeness (QED) is 0.902. The summed E-state index contributed by atoms with van der Waals surface area (Å²) in [6, 6.07) is 4.21. The van der Waals surface area contributed by atoms with Gasteiger partial charge in [-0.1, -0.05) is 13.8 Å². The highest BCUT2D eigenvalue weighted by Gasteiger charge is 2.14. The third-order valence-electron chi connectivity index (χ3n) is 3.30. The number of anilines is 1. The third-order valence-corrected chi connectivity index (χ3v) is 3.30. The second-order valence-corrected chi connectivity index (χ2v) is 5.64. The molecule has 0 amide bonds. The predicted molar refractivity (Wildman–Crippen MR) is 81.1 cm³/mol. The standard InChI is InChI=1S/C16H23N3O/c1-9(2)16-17-10(3)7-15(19-16)18-12(5)14-8-11(4)20-13(14)6/h7-9,12H,1-6H3,(H,17,18,19). The molecule has 108 valence electrons. The van der Waals surface area contributed by atoms with Gasteiger partial charge in [-0.25, -0.2) is 9.97 Å². The van der Waals surface area contributed by atoms with Crippen molar-refractivity contribution >= 4 is 5.82 Å². The van der Waals surface area contributed by atoms with Gasteiger partial charge in [0.15, 0.2) is 0 Å². The summed E-state index contributed by atoms with van der Waals surface area (Å²) in [7, 11) is 0. The Bertz CT molecular complexity index is 602. The van der Waals surface area contributed by atoms with Crippen LogP contribution < -0.4 is 5.32 Å². The van der Waals surface area contributed by atoms with Crippen LogP contribution in [0.2, 0.25) is 0 Å². The molecule has 0 aliphatic rings. The Labute approximate surface area is 120 Å². The van der Waals surface area contributed by atoms with E-state index in [4.69, 9.17) is 4.42 Å². The minimum atomic E-state index is 0.154. The Balaban J connectivity index is 2.23. The molecule has 0 radical (unpaired) electrons. The molecule has 0 aromatic carbocycles. The van der Waals surface area contributed by atoms with Gasteiger partial charge in [-0.2, -0.15) is 0 Å². The van der Waals surface area contributed by atoms with Crippen LogP contribution in [0.3, 0.4) is 0 Å². The van der Waals surface area contributed by atoms with Crippen LogP contribution in [0.4, 0.5) is 5.82 Å². The maximum absolute atomic E-state index is 5.59. The van der Waals surface area contributed by atoms with Crippen molar-refractivity contribution in [1.29, 1.82) is 0 Å². The van der Waals surface area contributed by atoms with Crippen LogP contribution in [0.25, 0.3) is 0 Å². The van der Waals surface area contributed by atoms with Crippen LogP contribution in [0.1, 0.15) is 61.3 Å². The van der Waals surface area contributed by atoms with E-state index in [1.165, 1.54) is 5.56 Å². The molecule has 1 N–H and O–H groups in total. The molecule has 1 atom stereocenters. The van der Waals surface area contributed by atoms with Gasteiger partial charge in [0.2, 0.25) is 0 Å². The zero-order valence-electron chi connectivity index (χ0n) is 13.1. The van der Waals surface area contributed by atoms with Gasteiger partial charge >= 0.3 is 0 Å². The molecule has 0 saturated carbocycles. The minimum absolute atomic E-state index is 0.154. The molecule has 20 heavy (non-hydrogen) atoms. The number of hydrogen-bond donors (Lipinski definition) is 1. The van der Waals surface area contributed by atoms with Crippen molar-refractivity contribution in [1.82, 2.24) is 9.97 Å². The molecule has 0 spiro atoms. The monoisotopic (exact) mass is 273 g/mol. The molecule has 0 fully saturated rings. The van der Waals surface area contributed by atoms with Crippen molar-refractivity contribution in [2.45, 2.75) is 53.5 Å². The summed E-state index contributed by atoms with van der Waals surface area (Å²) in [4.78, 5) is 9.05. The fourth-order valence-corrected chi connectivity index (χ4v) is 2.30. The van der Waals surface area contributed by atoms with Gasteiger partial charge < -0.3 is 9.73 Å². The predicted octanol–water partition coefficient (Wildman–Crippen LogP) is 4.29. The molecular weight excluding hydrogens is 250 g/mol. The van der Waals surface area contributed by atoms with E-state index in [0.29, 0.717) is 5.92 Å². The van der Waals surface area contributed by atoms with E-state index in [-0.39, 0.29) is 6.04 Å². The summed E-state index contributed by atoms with van der Waals surface area (Å²) in [6.07, 6.45) is 0. The van der Waals surface area contributed by atoms with Gasteiger partial charge in [-0.3, -0.25) is 0 Å². The second-order valence-electron chi connectivity index (χ2n) is 5.64. The Morgan fingerprint density at radius 2 is 1.75 bits per heavy atom. The molecule has 2 aromatic rings. The lowest BCUT2D eigenvalue weighted by Gasteiger charge is -2.15. The second kappa shape index (κ2) is 5.65. The largest absolute Gasteiger partial charge is 0.466 e. The number of nitrogens with zero attached hydrogens (tertiary/aromatic N) is 2. The van der Waals surface area contributed by atoms with Gasteiger partial charge in [0.1, 0.15) is 23.2 Å². The lowest BCUT2D eigenvalue weighted by atomic mass is 10.1. The topological polar surface area (TPSA) is 51.0 Å². The van der Waals surface area contributed by atoms with E-state index in [2.05, 4.69) is 42.1 Å². The molecule has 2 heterocycles. The highest BCUT2D eigenvalue weighted by molar-refractivity contribution is 5.40. The first-order chi connectivity index (χ1) is 9.36. The Hall–Kier alpha value is -1.84. The highest BCUT2D eigenvalue weighted by Crippen LogP contribution is 2.25. The smallest absolute Gasteiger partial charge is 0.133 e. The maximum Gasteiger partial charge on any atom is 0.133 e. The summed E-state index contributed by atoms with van der Waals surface area (Å²) in [5.41, 5.74) is 2.16. The number of aryl methyl sites for hydroxylation is 3. The van der Waals surface area contributed by atoms with Crippen LogP contribution in [0.5, 0.6) is 0 Å². The Morgan fingerprint density at radius 1 is 1.05 bits per heavy atom. The number of rotatable bonds is 4. The van der Waals surface area contributed by atoms with Crippen molar-refractivity contribution in [2.75, 3.05) is 5.32 Å². The molecule has 4 nitrogen and oxygen atoms in total. The van der Waals surface area contributed by atoms with Crippen molar-refractivity contribution in [3.8, 4) is 0 Å². The molecule has 1 unspecified atom stereocenters. The average molecular weight is 273 g/mol. The molecule has 2 rings (SSSR count). The van der Waals surface area contributed by atoms with Crippen molar-refractivity contribution in [2.24, 2.45) is 0 Å². The van der Waals surface area contributed by atoms with Gasteiger partial charge in [-0.15, -0.1) is 0 Å². The van der Waals surface area contributed by atoms with Gasteiger partial charge in [0, 0.05) is 23.2 Å². The van der Waals surface area contributed by atoms with Gasteiger partial charge in [0.25, 0.3) is 0 Å².